The molecule has 2 amide bonds. The van der Waals surface area contributed by atoms with Crippen molar-refractivity contribution in [3.05, 3.63) is 64.7 Å². The van der Waals surface area contributed by atoms with E-state index in [0.29, 0.717) is 10.6 Å². The summed E-state index contributed by atoms with van der Waals surface area (Å²) in [4.78, 5) is 27.5. The monoisotopic (exact) mass is 543 g/mol. The molecule has 36 heavy (non-hydrogen) atoms. The van der Waals surface area contributed by atoms with Crippen molar-refractivity contribution in [3.8, 4) is 0 Å². The molecule has 7 nitrogen and oxygen atoms in total. The van der Waals surface area contributed by atoms with Gasteiger partial charge in [-0.15, -0.1) is 0 Å². The maximum Gasteiger partial charge on any atom is 0.242 e. The van der Waals surface area contributed by atoms with Crippen LogP contribution in [0.15, 0.2) is 42.5 Å². The zero-order valence-corrected chi connectivity index (χ0v) is 22.6. The van der Waals surface area contributed by atoms with Gasteiger partial charge < -0.3 is 10.2 Å². The number of carbonyl (C=O) groups excluding carboxylic acids is 2. The molecule has 0 radical (unpaired) electrons. The van der Waals surface area contributed by atoms with Crippen molar-refractivity contribution in [1.29, 1.82) is 0 Å². The van der Waals surface area contributed by atoms with Crippen LogP contribution in [0.4, 0.5) is 14.5 Å². The van der Waals surface area contributed by atoms with E-state index in [1.165, 1.54) is 4.90 Å². The lowest BCUT2D eigenvalue weighted by Gasteiger charge is -2.32. The molecule has 1 N–H and O–H groups in total. The lowest BCUT2D eigenvalue weighted by molar-refractivity contribution is -0.141. The van der Waals surface area contributed by atoms with Crippen LogP contribution in [0.3, 0.4) is 0 Å². The highest BCUT2D eigenvalue weighted by Crippen LogP contribution is 2.23. The van der Waals surface area contributed by atoms with Gasteiger partial charge in [-0.1, -0.05) is 29.8 Å². The van der Waals surface area contributed by atoms with Gasteiger partial charge in [0.1, 0.15) is 6.04 Å². The van der Waals surface area contributed by atoms with Crippen LogP contribution in [0.5, 0.6) is 0 Å². The molecule has 0 saturated carbocycles. The number of anilines is 1. The van der Waals surface area contributed by atoms with Gasteiger partial charge in [-0.2, -0.15) is 0 Å². The van der Waals surface area contributed by atoms with E-state index < -0.39 is 33.2 Å². The van der Waals surface area contributed by atoms with Crippen LogP contribution in [-0.4, -0.2) is 49.5 Å². The first-order chi connectivity index (χ1) is 16.6. The van der Waals surface area contributed by atoms with Crippen molar-refractivity contribution in [2.24, 2.45) is 0 Å². The Hall–Kier alpha value is -2.72. The van der Waals surface area contributed by atoms with E-state index in [4.69, 9.17) is 11.6 Å². The summed E-state index contributed by atoms with van der Waals surface area (Å²) < 4.78 is 52.5. The first kappa shape index (κ1) is 29.5. The SMILES string of the molecule is C[C@H](C(=O)NC(C)(C)C)N(Cc1ccccc1Cl)C(=O)CCCN(c1ccc(F)c(F)c1)S(C)(=O)=O. The molecule has 11 heteroatoms. The largest absolute Gasteiger partial charge is 0.350 e. The number of carbonyl (C=O) groups is 2. The fraction of sp³-hybridized carbons (Fsp3) is 0.440. The molecule has 0 heterocycles. The third kappa shape index (κ3) is 8.44. The van der Waals surface area contributed by atoms with E-state index >= 15 is 0 Å². The molecule has 0 unspecified atom stereocenters. The molecule has 0 aliphatic carbocycles. The summed E-state index contributed by atoms with van der Waals surface area (Å²) >= 11 is 6.28. The predicted octanol–water partition coefficient (Wildman–Crippen LogP) is 4.50. The van der Waals surface area contributed by atoms with Crippen LogP contribution >= 0.6 is 11.6 Å². The van der Waals surface area contributed by atoms with Crippen LogP contribution in [0.1, 0.15) is 46.1 Å². The average molecular weight is 544 g/mol. The number of hydrogen-bond donors (Lipinski definition) is 1. The van der Waals surface area contributed by atoms with Crippen molar-refractivity contribution in [2.75, 3.05) is 17.1 Å². The Morgan fingerprint density at radius 1 is 1.08 bits per heavy atom. The number of amides is 2. The van der Waals surface area contributed by atoms with Crippen LogP contribution in [0, 0.1) is 11.6 Å². The minimum absolute atomic E-state index is 0.0466. The summed E-state index contributed by atoms with van der Waals surface area (Å²) in [5, 5.41) is 3.31. The number of nitrogens with one attached hydrogen (secondary N) is 1. The number of sulfonamides is 1. The summed E-state index contributed by atoms with van der Waals surface area (Å²) in [7, 11) is -3.83. The zero-order chi connectivity index (χ0) is 27.3. The molecule has 0 aromatic heterocycles. The van der Waals surface area contributed by atoms with E-state index in [0.717, 1.165) is 28.8 Å². The highest BCUT2D eigenvalue weighted by Gasteiger charge is 2.29. The van der Waals surface area contributed by atoms with E-state index in [1.54, 1.807) is 31.2 Å². The molecule has 0 spiro atoms. The molecule has 2 aromatic rings. The van der Waals surface area contributed by atoms with Crippen molar-refractivity contribution in [1.82, 2.24) is 10.2 Å². The third-order valence-corrected chi connectivity index (χ3v) is 6.87. The summed E-state index contributed by atoms with van der Waals surface area (Å²) in [6, 6.07) is 8.93. The van der Waals surface area contributed by atoms with Crippen LogP contribution in [-0.2, 0) is 26.2 Å². The van der Waals surface area contributed by atoms with Gasteiger partial charge in [0.2, 0.25) is 21.8 Å². The summed E-state index contributed by atoms with van der Waals surface area (Å²) in [6.07, 6.45) is 0.934. The second-order valence-electron chi connectivity index (χ2n) is 9.57. The molecule has 0 fully saturated rings. The number of benzene rings is 2. The molecule has 2 rings (SSSR count). The minimum Gasteiger partial charge on any atom is -0.350 e. The first-order valence-electron chi connectivity index (χ1n) is 11.4. The molecule has 0 aliphatic rings. The number of rotatable bonds is 10. The quantitative estimate of drug-likeness (QED) is 0.478. The number of halogens is 3. The predicted molar refractivity (Wildman–Crippen MR) is 137 cm³/mol. The van der Waals surface area contributed by atoms with E-state index in [2.05, 4.69) is 5.32 Å². The maximum absolute atomic E-state index is 13.7. The summed E-state index contributed by atoms with van der Waals surface area (Å²) in [5.41, 5.74) is 0.0994. The third-order valence-electron chi connectivity index (χ3n) is 5.31. The van der Waals surface area contributed by atoms with Crippen LogP contribution in [0.2, 0.25) is 5.02 Å². The maximum atomic E-state index is 13.7. The van der Waals surface area contributed by atoms with E-state index in [9.17, 15) is 26.8 Å². The first-order valence-corrected chi connectivity index (χ1v) is 13.6. The van der Waals surface area contributed by atoms with E-state index in [1.807, 2.05) is 20.8 Å². The lowest BCUT2D eigenvalue weighted by atomic mass is 10.1. The molecule has 1 atom stereocenters. The molecular formula is C25H32ClF2N3O4S. The van der Waals surface area contributed by atoms with Crippen LogP contribution < -0.4 is 9.62 Å². The Morgan fingerprint density at radius 2 is 1.72 bits per heavy atom. The topological polar surface area (TPSA) is 86.8 Å². The lowest BCUT2D eigenvalue weighted by Crippen LogP contribution is -2.52. The molecule has 0 saturated heterocycles. The fourth-order valence-corrected chi connectivity index (χ4v) is 4.66. The van der Waals surface area contributed by atoms with Gasteiger partial charge in [0, 0.05) is 36.1 Å². The number of hydrogen-bond acceptors (Lipinski definition) is 4. The zero-order valence-electron chi connectivity index (χ0n) is 21.0. The number of nitrogens with zero attached hydrogens (tertiary/aromatic N) is 2. The Bertz CT molecular complexity index is 1200. The Balaban J connectivity index is 2.22. The molecule has 2 aromatic carbocycles. The van der Waals surface area contributed by atoms with Crippen molar-refractivity contribution < 1.29 is 26.8 Å². The van der Waals surface area contributed by atoms with Gasteiger partial charge in [0.15, 0.2) is 11.6 Å². The molecule has 0 aliphatic heterocycles. The Kier molecular flexibility index (Phi) is 9.85. The highest BCUT2D eigenvalue weighted by molar-refractivity contribution is 7.92. The smallest absolute Gasteiger partial charge is 0.242 e. The summed E-state index contributed by atoms with van der Waals surface area (Å²) in [6.45, 7) is 7.04. The van der Waals surface area contributed by atoms with Crippen molar-refractivity contribution >= 4 is 39.1 Å². The second-order valence-corrected chi connectivity index (χ2v) is 11.9. The van der Waals surface area contributed by atoms with Gasteiger partial charge in [-0.25, -0.2) is 17.2 Å². The molecule has 0 bridgehead atoms. The van der Waals surface area contributed by atoms with Gasteiger partial charge in [-0.3, -0.25) is 13.9 Å². The minimum atomic E-state index is -3.83. The Morgan fingerprint density at radius 3 is 2.28 bits per heavy atom. The van der Waals surface area contributed by atoms with Gasteiger partial charge >= 0.3 is 0 Å². The second kappa shape index (κ2) is 12.0. The van der Waals surface area contributed by atoms with Crippen molar-refractivity contribution in [2.45, 2.75) is 58.7 Å². The normalized spacial score (nSPS) is 12.7. The van der Waals surface area contributed by atoms with Gasteiger partial charge in [0.05, 0.1) is 11.9 Å². The molecular weight excluding hydrogens is 512 g/mol. The summed E-state index contributed by atoms with van der Waals surface area (Å²) in [5.74, 6) is -3.00. The molecule has 198 valence electrons. The van der Waals surface area contributed by atoms with Gasteiger partial charge in [-0.05, 0) is 57.9 Å². The van der Waals surface area contributed by atoms with Crippen molar-refractivity contribution in [3.63, 3.8) is 0 Å². The highest BCUT2D eigenvalue weighted by atomic mass is 35.5. The van der Waals surface area contributed by atoms with E-state index in [-0.39, 0.29) is 43.4 Å². The standard InChI is InChI=1S/C25H32ClF2N3O4S/c1-17(24(33)29-25(2,3)4)30(16-18-9-6-7-10-20(18)26)23(32)11-8-14-31(36(5,34)35)19-12-13-21(27)22(28)15-19/h6-7,9-10,12-13,15,17H,8,11,14,16H2,1-5H3,(H,29,33)/t17-/m1/s1. The average Bonchev–Trinajstić information content (AvgIpc) is 2.75. The Labute approximate surface area is 216 Å². The fourth-order valence-electron chi connectivity index (χ4n) is 3.51. The van der Waals surface area contributed by atoms with Crippen LogP contribution in [0.25, 0.3) is 0 Å². The van der Waals surface area contributed by atoms with Gasteiger partial charge in [0.25, 0.3) is 0 Å².